The molecular weight excluding hydrogens is 397 g/mol. The second-order valence-corrected chi connectivity index (χ2v) is 33.5. The molecule has 0 aliphatic carbocycles. The van der Waals surface area contributed by atoms with Gasteiger partial charge in [0.2, 0.25) is 0 Å². The molecule has 0 bridgehead atoms. The highest BCUT2D eigenvalue weighted by atomic mass is 28.5. The summed E-state index contributed by atoms with van der Waals surface area (Å²) in [6.45, 7) is 29.1. The molecule has 0 N–H and O–H groups in total. The summed E-state index contributed by atoms with van der Waals surface area (Å²) in [7, 11) is -9.05. The van der Waals surface area contributed by atoms with Crippen molar-refractivity contribution in [1.82, 2.24) is 0 Å². The van der Waals surface area contributed by atoms with Crippen molar-refractivity contribution in [2.75, 3.05) is 0 Å². The third kappa shape index (κ3) is 4.72. The smallest absolute Gasteiger partial charge is 0.320 e. The normalized spacial score (nSPS) is 34.6. The molecule has 3 nitrogen and oxygen atoms in total. The van der Waals surface area contributed by atoms with Crippen LogP contribution >= 0.6 is 0 Å². The summed E-state index contributed by atoms with van der Waals surface area (Å²) in [6, 6.07) is 0. The minimum absolute atomic E-state index is 0.641. The topological polar surface area (TPSA) is 27.7 Å². The molecule has 4 unspecified atom stereocenters. The molecule has 1 aliphatic rings. The van der Waals surface area contributed by atoms with E-state index in [-0.39, 0.29) is 0 Å². The van der Waals surface area contributed by atoms with Gasteiger partial charge in [0.1, 0.15) is 0 Å². The fourth-order valence-electron chi connectivity index (χ4n) is 3.76. The standard InChI is InChI=1S/C15H42O3Si6/c1-13(19(4)5)23(12)16-22(10,11)17-24(18-23,14(2)20(6)7)15(3)21(8)9/h13-15,19-21H,1-12H3. The molecule has 1 heterocycles. The third-order valence-electron chi connectivity index (χ3n) is 6.31. The fourth-order valence-corrected chi connectivity index (χ4v) is 38.6. The molecule has 1 rings (SSSR count). The van der Waals surface area contributed by atoms with Crippen molar-refractivity contribution in [3.63, 3.8) is 0 Å². The molecule has 0 amide bonds. The molecule has 1 fully saturated rings. The van der Waals surface area contributed by atoms with E-state index in [4.69, 9.17) is 12.3 Å². The highest BCUT2D eigenvalue weighted by molar-refractivity contribution is 7.04. The van der Waals surface area contributed by atoms with Crippen LogP contribution in [0.3, 0.4) is 0 Å². The van der Waals surface area contributed by atoms with Gasteiger partial charge < -0.3 is 12.3 Å². The largest absolute Gasteiger partial charge is 0.416 e. The Hall–Kier alpha value is 1.18. The van der Waals surface area contributed by atoms with Crippen molar-refractivity contribution in [2.45, 2.75) is 95.2 Å². The summed E-state index contributed by atoms with van der Waals surface area (Å²) < 4.78 is 21.0. The second-order valence-electron chi connectivity index (χ2n) is 9.54. The Labute approximate surface area is 159 Å². The van der Waals surface area contributed by atoms with Gasteiger partial charge in [0.25, 0.3) is 0 Å². The molecule has 0 aromatic heterocycles. The van der Waals surface area contributed by atoms with Crippen LogP contribution in [0, 0.1) is 0 Å². The highest BCUT2D eigenvalue weighted by Gasteiger charge is 2.64. The molecule has 4 atom stereocenters. The van der Waals surface area contributed by atoms with Gasteiger partial charge in [-0.1, -0.05) is 60.1 Å². The molecule has 0 aromatic carbocycles. The lowest BCUT2D eigenvalue weighted by atomic mass is 10.9. The molecule has 1 saturated heterocycles. The van der Waals surface area contributed by atoms with E-state index in [1.165, 1.54) is 0 Å². The molecular formula is C15H42O3Si6. The Balaban J connectivity index is 3.46. The zero-order chi connectivity index (χ0) is 19.1. The van der Waals surface area contributed by atoms with Crippen molar-refractivity contribution in [3.05, 3.63) is 0 Å². The SMILES string of the molecule is CC([SiH](C)C)[Si]1(C)O[Si](C)(C)O[Si](C(C)[SiH](C)C)(C(C)[SiH](C)C)O1. The molecule has 0 radical (unpaired) electrons. The fraction of sp³-hybridized carbons (Fsp3) is 1.00. The van der Waals surface area contributed by atoms with Gasteiger partial charge in [-0.05, 0) is 35.1 Å². The molecule has 24 heavy (non-hydrogen) atoms. The van der Waals surface area contributed by atoms with Gasteiger partial charge >= 0.3 is 25.7 Å². The molecule has 0 saturated carbocycles. The summed E-state index contributed by atoms with van der Waals surface area (Å²) in [6.07, 6.45) is 0. The number of hydrogen-bond donors (Lipinski definition) is 0. The van der Waals surface area contributed by atoms with Crippen molar-refractivity contribution >= 4 is 52.1 Å². The Kier molecular flexibility index (Phi) is 7.79. The predicted molar refractivity (Wildman–Crippen MR) is 123 cm³/mol. The van der Waals surface area contributed by atoms with E-state index in [1.54, 1.807) is 0 Å². The van der Waals surface area contributed by atoms with Crippen LogP contribution in [0.1, 0.15) is 20.8 Å². The van der Waals surface area contributed by atoms with E-state index in [9.17, 15) is 0 Å². The average molecular weight is 439 g/mol. The molecule has 0 aromatic rings. The van der Waals surface area contributed by atoms with Crippen LogP contribution in [-0.4, -0.2) is 52.1 Å². The lowest BCUT2D eigenvalue weighted by Crippen LogP contribution is -2.73. The van der Waals surface area contributed by atoms with E-state index in [0.717, 1.165) is 0 Å². The van der Waals surface area contributed by atoms with E-state index in [2.05, 4.69) is 79.7 Å². The summed E-state index contributed by atoms with van der Waals surface area (Å²) in [5.41, 5.74) is 0. The van der Waals surface area contributed by atoms with Gasteiger partial charge in [-0.2, -0.15) is 0 Å². The van der Waals surface area contributed by atoms with E-state index < -0.39 is 52.1 Å². The third-order valence-corrected chi connectivity index (χ3v) is 36.8. The van der Waals surface area contributed by atoms with Crippen LogP contribution in [-0.2, 0) is 12.3 Å². The van der Waals surface area contributed by atoms with Gasteiger partial charge in [0.15, 0.2) is 0 Å². The maximum absolute atomic E-state index is 7.24. The molecule has 1 aliphatic heterocycles. The minimum Gasteiger partial charge on any atom is -0.416 e. The lowest BCUT2D eigenvalue weighted by molar-refractivity contribution is 0.216. The summed E-state index contributed by atoms with van der Waals surface area (Å²) in [5.74, 6) is 0. The minimum atomic E-state index is -2.25. The van der Waals surface area contributed by atoms with Gasteiger partial charge in [-0.3, -0.25) is 0 Å². The monoisotopic (exact) mass is 438 g/mol. The number of rotatable bonds is 6. The van der Waals surface area contributed by atoms with Gasteiger partial charge in [-0.25, -0.2) is 0 Å². The van der Waals surface area contributed by atoms with Gasteiger partial charge in [0.05, 0.1) is 0 Å². The van der Waals surface area contributed by atoms with Crippen LogP contribution in [0.5, 0.6) is 0 Å². The van der Waals surface area contributed by atoms with Gasteiger partial charge in [-0.15, -0.1) is 0 Å². The van der Waals surface area contributed by atoms with E-state index >= 15 is 0 Å². The van der Waals surface area contributed by atoms with E-state index in [0.29, 0.717) is 15.5 Å². The predicted octanol–water partition coefficient (Wildman–Crippen LogP) is 4.51. The summed E-state index contributed by atoms with van der Waals surface area (Å²) >= 11 is 0. The first kappa shape index (κ1) is 23.2. The molecule has 9 heteroatoms. The van der Waals surface area contributed by atoms with Crippen LogP contribution in [0.4, 0.5) is 0 Å². The van der Waals surface area contributed by atoms with Gasteiger partial charge in [0, 0.05) is 26.4 Å². The first-order chi connectivity index (χ1) is 10.7. The van der Waals surface area contributed by atoms with Crippen LogP contribution in [0.25, 0.3) is 0 Å². The first-order valence-corrected chi connectivity index (χ1v) is 25.9. The zero-order valence-corrected chi connectivity index (χ0v) is 24.7. The van der Waals surface area contributed by atoms with Crippen molar-refractivity contribution in [1.29, 1.82) is 0 Å². The van der Waals surface area contributed by atoms with Crippen molar-refractivity contribution in [3.8, 4) is 0 Å². The molecule has 0 spiro atoms. The molecule has 144 valence electrons. The summed E-state index contributed by atoms with van der Waals surface area (Å²) in [5, 5.41) is 1.96. The maximum Gasteiger partial charge on any atom is 0.320 e. The first-order valence-electron chi connectivity index (χ1n) is 9.79. The van der Waals surface area contributed by atoms with Crippen LogP contribution in [0.2, 0.25) is 74.4 Å². The van der Waals surface area contributed by atoms with Crippen molar-refractivity contribution < 1.29 is 12.3 Å². The van der Waals surface area contributed by atoms with Crippen molar-refractivity contribution in [2.24, 2.45) is 0 Å². The van der Waals surface area contributed by atoms with E-state index in [1.807, 2.05) is 0 Å². The lowest BCUT2D eigenvalue weighted by Gasteiger charge is -2.57. The zero-order valence-electron chi connectivity index (χ0n) is 18.2. The Bertz CT molecular complexity index is 417. The quantitative estimate of drug-likeness (QED) is 0.571. The summed E-state index contributed by atoms with van der Waals surface area (Å²) in [4.78, 5) is 0. The van der Waals surface area contributed by atoms with Crippen LogP contribution in [0.15, 0.2) is 0 Å². The maximum atomic E-state index is 7.24. The Morgan fingerprint density at radius 2 is 0.958 bits per heavy atom. The average Bonchev–Trinajstić information content (AvgIpc) is 2.41. The van der Waals surface area contributed by atoms with Crippen LogP contribution < -0.4 is 0 Å². The Morgan fingerprint density at radius 3 is 1.29 bits per heavy atom. The Morgan fingerprint density at radius 1 is 0.583 bits per heavy atom. The number of hydrogen-bond acceptors (Lipinski definition) is 3. The highest BCUT2D eigenvalue weighted by Crippen LogP contribution is 2.48. The second kappa shape index (κ2) is 8.05.